The summed E-state index contributed by atoms with van der Waals surface area (Å²) in [5.74, 6) is 0.931. The zero-order valence-corrected chi connectivity index (χ0v) is 19.0. The molecule has 0 bridgehead atoms. The van der Waals surface area contributed by atoms with Crippen LogP contribution in [0.3, 0.4) is 0 Å². The molecular formula is C27H32O3. The number of benzene rings is 3. The monoisotopic (exact) mass is 404 g/mol. The molecule has 0 spiro atoms. The van der Waals surface area contributed by atoms with Gasteiger partial charge in [-0.05, 0) is 68.0 Å². The zero-order chi connectivity index (χ0) is 22.3. The largest absolute Gasteiger partial charge is 0.507 e. The molecule has 0 aliphatic rings. The van der Waals surface area contributed by atoms with Gasteiger partial charge in [-0.1, -0.05) is 55.8 Å². The van der Waals surface area contributed by atoms with Crippen molar-refractivity contribution in [2.75, 3.05) is 0 Å². The summed E-state index contributed by atoms with van der Waals surface area (Å²) in [5.41, 5.74) is 8.36. The molecular weight excluding hydrogens is 372 g/mol. The number of aryl methyl sites for hydroxylation is 5. The maximum atomic E-state index is 11.3. The van der Waals surface area contributed by atoms with Gasteiger partial charge in [0.25, 0.3) is 0 Å². The Morgan fingerprint density at radius 3 is 1.10 bits per heavy atom. The van der Waals surface area contributed by atoms with Crippen molar-refractivity contribution in [2.45, 2.75) is 60.3 Å². The Morgan fingerprint density at radius 1 is 0.500 bits per heavy atom. The van der Waals surface area contributed by atoms with Crippen LogP contribution in [0.5, 0.6) is 17.2 Å². The molecule has 0 saturated heterocycles. The summed E-state index contributed by atoms with van der Waals surface area (Å²) in [6.45, 7) is 13.8. The average Bonchev–Trinajstić information content (AvgIpc) is 2.69. The molecule has 0 aliphatic carbocycles. The van der Waals surface area contributed by atoms with Crippen molar-refractivity contribution in [3.05, 3.63) is 86.5 Å². The van der Waals surface area contributed by atoms with E-state index in [1.54, 1.807) is 0 Å². The van der Waals surface area contributed by atoms with Gasteiger partial charge in [0, 0.05) is 23.0 Å². The summed E-state index contributed by atoms with van der Waals surface area (Å²) in [5, 5.41) is 31.5. The third-order valence-corrected chi connectivity index (χ3v) is 6.27. The number of hydrogen-bond acceptors (Lipinski definition) is 3. The lowest BCUT2D eigenvalue weighted by atomic mass is 9.83. The van der Waals surface area contributed by atoms with Gasteiger partial charge in [0.05, 0.1) is 0 Å². The third kappa shape index (κ3) is 3.89. The van der Waals surface area contributed by atoms with Crippen LogP contribution in [0.1, 0.15) is 75.8 Å². The molecule has 3 N–H and O–H groups in total. The second kappa shape index (κ2) is 8.06. The lowest BCUT2D eigenvalue weighted by molar-refractivity contribution is 0.456. The van der Waals surface area contributed by atoms with Crippen molar-refractivity contribution >= 4 is 0 Å². The van der Waals surface area contributed by atoms with E-state index in [-0.39, 0.29) is 11.8 Å². The fraction of sp³-hybridized carbons (Fsp3) is 0.333. The molecule has 0 aliphatic heterocycles. The van der Waals surface area contributed by atoms with Crippen molar-refractivity contribution in [2.24, 2.45) is 0 Å². The number of rotatable bonds is 4. The van der Waals surface area contributed by atoms with Crippen molar-refractivity contribution in [1.82, 2.24) is 0 Å². The molecule has 2 unspecified atom stereocenters. The van der Waals surface area contributed by atoms with E-state index in [0.717, 1.165) is 50.1 Å². The van der Waals surface area contributed by atoms with E-state index in [0.29, 0.717) is 17.2 Å². The van der Waals surface area contributed by atoms with Crippen LogP contribution in [0.2, 0.25) is 0 Å². The minimum absolute atomic E-state index is 0.0165. The minimum Gasteiger partial charge on any atom is -0.507 e. The van der Waals surface area contributed by atoms with E-state index >= 15 is 0 Å². The lowest BCUT2D eigenvalue weighted by Gasteiger charge is -2.22. The van der Waals surface area contributed by atoms with Crippen molar-refractivity contribution in [3.63, 3.8) is 0 Å². The smallest absolute Gasteiger partial charge is 0.123 e. The zero-order valence-electron chi connectivity index (χ0n) is 19.0. The molecule has 0 radical (unpaired) electrons. The second-order valence-corrected chi connectivity index (χ2v) is 8.74. The highest BCUT2D eigenvalue weighted by Gasteiger charge is 2.22. The molecule has 3 aromatic carbocycles. The molecule has 3 heteroatoms. The molecule has 0 saturated carbocycles. The van der Waals surface area contributed by atoms with Crippen LogP contribution in [0, 0.1) is 34.6 Å². The van der Waals surface area contributed by atoms with E-state index < -0.39 is 0 Å². The Hall–Kier alpha value is -2.94. The van der Waals surface area contributed by atoms with E-state index in [9.17, 15) is 15.3 Å². The van der Waals surface area contributed by atoms with Gasteiger partial charge in [-0.3, -0.25) is 0 Å². The van der Waals surface area contributed by atoms with Gasteiger partial charge in [-0.2, -0.15) is 0 Å². The maximum absolute atomic E-state index is 11.3. The summed E-state index contributed by atoms with van der Waals surface area (Å²) in [6.07, 6.45) is 0. The lowest BCUT2D eigenvalue weighted by Crippen LogP contribution is -2.04. The van der Waals surface area contributed by atoms with Crippen LogP contribution >= 0.6 is 0 Å². The van der Waals surface area contributed by atoms with Gasteiger partial charge >= 0.3 is 0 Å². The highest BCUT2D eigenvalue weighted by Crippen LogP contribution is 2.41. The fourth-order valence-electron chi connectivity index (χ4n) is 4.33. The van der Waals surface area contributed by atoms with Crippen LogP contribution in [-0.4, -0.2) is 15.3 Å². The van der Waals surface area contributed by atoms with Crippen molar-refractivity contribution in [3.8, 4) is 17.2 Å². The summed E-state index contributed by atoms with van der Waals surface area (Å²) in [6, 6.07) is 12.0. The summed E-state index contributed by atoms with van der Waals surface area (Å²) >= 11 is 0. The van der Waals surface area contributed by atoms with Gasteiger partial charge in [-0.25, -0.2) is 0 Å². The molecule has 0 aromatic heterocycles. The topological polar surface area (TPSA) is 60.7 Å². The van der Waals surface area contributed by atoms with Gasteiger partial charge in [0.1, 0.15) is 17.2 Å². The Balaban J connectivity index is 2.10. The molecule has 0 fully saturated rings. The Kier molecular flexibility index (Phi) is 5.85. The number of hydrogen-bond donors (Lipinski definition) is 3. The van der Waals surface area contributed by atoms with Crippen molar-refractivity contribution in [1.29, 1.82) is 0 Å². The first-order chi connectivity index (χ1) is 14.0. The first kappa shape index (κ1) is 21.8. The summed E-state index contributed by atoms with van der Waals surface area (Å²) in [7, 11) is 0. The van der Waals surface area contributed by atoms with Crippen LogP contribution < -0.4 is 0 Å². The van der Waals surface area contributed by atoms with Crippen LogP contribution in [0.25, 0.3) is 0 Å². The number of phenols is 3. The number of phenolic OH excluding ortho intramolecular Hbond substituents is 3. The molecule has 0 amide bonds. The van der Waals surface area contributed by atoms with E-state index in [1.807, 2.05) is 71.0 Å². The van der Waals surface area contributed by atoms with Crippen LogP contribution in [0.4, 0.5) is 0 Å². The first-order valence-corrected chi connectivity index (χ1v) is 10.4. The van der Waals surface area contributed by atoms with Crippen LogP contribution in [0.15, 0.2) is 36.4 Å². The minimum atomic E-state index is -0.0165. The SMILES string of the molecule is Cc1cc(C(C)c2cc(C)c(O)c(C)c2)c(O)c(C(C)c2cc(C)c(O)c(C)c2)c1. The molecule has 3 nitrogen and oxygen atoms in total. The van der Waals surface area contributed by atoms with Gasteiger partial charge in [-0.15, -0.1) is 0 Å². The van der Waals surface area contributed by atoms with E-state index in [2.05, 4.69) is 13.8 Å². The molecule has 30 heavy (non-hydrogen) atoms. The molecule has 0 heterocycles. The average molecular weight is 405 g/mol. The second-order valence-electron chi connectivity index (χ2n) is 8.74. The molecule has 3 rings (SSSR count). The number of aromatic hydroxyl groups is 3. The van der Waals surface area contributed by atoms with E-state index in [4.69, 9.17) is 0 Å². The summed E-state index contributed by atoms with van der Waals surface area (Å²) in [4.78, 5) is 0. The predicted octanol–water partition coefficient (Wildman–Crippen LogP) is 6.65. The normalized spacial score (nSPS) is 13.3. The van der Waals surface area contributed by atoms with Gasteiger partial charge in [0.15, 0.2) is 0 Å². The maximum Gasteiger partial charge on any atom is 0.123 e. The third-order valence-electron chi connectivity index (χ3n) is 6.27. The Bertz CT molecular complexity index is 981. The van der Waals surface area contributed by atoms with Gasteiger partial charge in [0.2, 0.25) is 0 Å². The fourth-order valence-corrected chi connectivity index (χ4v) is 4.33. The Labute approximate surface area is 179 Å². The van der Waals surface area contributed by atoms with Gasteiger partial charge < -0.3 is 15.3 Å². The predicted molar refractivity (Wildman–Crippen MR) is 123 cm³/mol. The highest BCUT2D eigenvalue weighted by atomic mass is 16.3. The standard InChI is InChI=1S/C27H32O3/c1-14-8-23(19(6)21-10-15(2)25(28)16(3)11-21)27(30)24(9-14)20(7)22-12-17(4)26(29)18(5)13-22/h8-13,19-20,28-30H,1-7H3. The first-order valence-electron chi connectivity index (χ1n) is 10.4. The molecule has 158 valence electrons. The summed E-state index contributed by atoms with van der Waals surface area (Å²) < 4.78 is 0. The van der Waals surface area contributed by atoms with Crippen molar-refractivity contribution < 1.29 is 15.3 Å². The van der Waals surface area contributed by atoms with Crippen LogP contribution in [-0.2, 0) is 0 Å². The highest BCUT2D eigenvalue weighted by molar-refractivity contribution is 5.54. The Morgan fingerprint density at radius 2 is 0.800 bits per heavy atom. The van der Waals surface area contributed by atoms with E-state index in [1.165, 1.54) is 0 Å². The molecule has 3 aromatic rings. The molecule has 2 atom stereocenters. The quantitative estimate of drug-likeness (QED) is 0.456.